The van der Waals surface area contributed by atoms with E-state index >= 15 is 0 Å². The molecule has 0 amide bonds. The number of benzene rings is 2. The van der Waals surface area contributed by atoms with Gasteiger partial charge in [-0.25, -0.2) is 30.5 Å². The van der Waals surface area contributed by atoms with Crippen LogP contribution in [0.1, 0.15) is 36.6 Å². The maximum atomic E-state index is 13.4. The molecule has 2 atom stereocenters. The van der Waals surface area contributed by atoms with Gasteiger partial charge in [0.1, 0.15) is 5.82 Å². The molecule has 0 radical (unpaired) electrons. The minimum Gasteiger partial charge on any atom is -0.274 e. The average Bonchev–Trinajstić information content (AvgIpc) is 3.66. The molecule has 15 heteroatoms. The summed E-state index contributed by atoms with van der Waals surface area (Å²) < 4.78 is 58.2. The predicted octanol–water partition coefficient (Wildman–Crippen LogP) is 3.15. The average molecular weight is 582 g/mol. The van der Waals surface area contributed by atoms with E-state index in [1.165, 1.54) is 30.6 Å². The van der Waals surface area contributed by atoms with Crippen LogP contribution >= 0.6 is 0 Å². The fraction of sp³-hybridized carbons (Fsp3) is 0.240. The molecule has 40 heavy (non-hydrogen) atoms. The summed E-state index contributed by atoms with van der Waals surface area (Å²) in [6, 6.07) is 12.7. The summed E-state index contributed by atoms with van der Waals surface area (Å²) in [5, 5.41) is 19.6. The fourth-order valence-electron chi connectivity index (χ4n) is 5.11. The summed E-state index contributed by atoms with van der Waals surface area (Å²) in [5.74, 6) is 0.403. The Kier molecular flexibility index (Phi) is 6.16. The molecular formula is C25H23N7O6S2. The van der Waals surface area contributed by atoms with Crippen molar-refractivity contribution >= 4 is 42.5 Å². The van der Waals surface area contributed by atoms with Crippen LogP contribution in [0.15, 0.2) is 76.8 Å². The van der Waals surface area contributed by atoms with Gasteiger partial charge in [-0.3, -0.25) is 14.5 Å². The Morgan fingerprint density at radius 3 is 2.52 bits per heavy atom. The van der Waals surface area contributed by atoms with Gasteiger partial charge in [-0.2, -0.15) is 0 Å². The minimum absolute atomic E-state index is 0.135. The Hall–Kier alpha value is -4.21. The third-order valence-electron chi connectivity index (χ3n) is 7.10. The number of fused-ring (bicyclic) bond motifs is 3. The standard InChI is InChI=1S/C25H23N7O6S2/c1-16-5-9-20(10-6-16)40(37,38)30-12-11-22-25(30)26-15-23-27-28-24(31(22)23)17-7-8-18(13-17)29-39(35,36)21-4-2-3-19(14-21)32(33)34/h2-6,9-12,14-15,17-18,29H,7-8,13H2,1H3/t17-,18+/m1/s1. The zero-order valence-electron chi connectivity index (χ0n) is 21.1. The van der Waals surface area contributed by atoms with Gasteiger partial charge < -0.3 is 0 Å². The molecule has 0 bridgehead atoms. The number of hydrogen-bond acceptors (Lipinski definition) is 9. The topological polar surface area (TPSA) is 171 Å². The lowest BCUT2D eigenvalue weighted by Crippen LogP contribution is -2.33. The SMILES string of the molecule is Cc1ccc(S(=O)(=O)n2ccc3c2ncc2nnc([C@@H]4CC[C@H](NS(=O)(=O)c5cccc([N+](=O)[O-])c5)C4)n23)cc1. The molecule has 1 N–H and O–H groups in total. The summed E-state index contributed by atoms with van der Waals surface area (Å²) >= 11 is 0. The van der Waals surface area contributed by atoms with E-state index in [4.69, 9.17) is 0 Å². The van der Waals surface area contributed by atoms with Crippen molar-refractivity contribution in [3.63, 3.8) is 0 Å². The number of aromatic nitrogens is 5. The highest BCUT2D eigenvalue weighted by Crippen LogP contribution is 2.36. The monoisotopic (exact) mass is 581 g/mol. The van der Waals surface area contributed by atoms with Gasteiger partial charge >= 0.3 is 0 Å². The second-order valence-electron chi connectivity index (χ2n) is 9.73. The van der Waals surface area contributed by atoms with E-state index in [1.54, 1.807) is 34.7 Å². The molecule has 0 saturated heterocycles. The Balaban J connectivity index is 1.30. The van der Waals surface area contributed by atoms with E-state index in [1.807, 2.05) is 6.92 Å². The van der Waals surface area contributed by atoms with Crippen LogP contribution in [0, 0.1) is 17.0 Å². The lowest BCUT2D eigenvalue weighted by molar-refractivity contribution is -0.385. The molecule has 0 spiro atoms. The van der Waals surface area contributed by atoms with E-state index in [0.717, 1.165) is 15.6 Å². The molecule has 5 aromatic rings. The molecule has 0 aliphatic heterocycles. The number of hydrogen-bond donors (Lipinski definition) is 1. The lowest BCUT2D eigenvalue weighted by Gasteiger charge is -2.14. The number of nitro groups is 1. The Morgan fingerprint density at radius 2 is 1.77 bits per heavy atom. The molecule has 206 valence electrons. The first kappa shape index (κ1) is 26.0. The van der Waals surface area contributed by atoms with Crippen molar-refractivity contribution < 1.29 is 21.8 Å². The number of nitrogens with one attached hydrogen (secondary N) is 1. The van der Waals surface area contributed by atoms with Crippen LogP contribution in [0.25, 0.3) is 16.8 Å². The zero-order chi connectivity index (χ0) is 28.2. The summed E-state index contributed by atoms with van der Waals surface area (Å²) in [5.41, 5.74) is 1.79. The second-order valence-corrected chi connectivity index (χ2v) is 13.3. The lowest BCUT2D eigenvalue weighted by atomic mass is 10.1. The van der Waals surface area contributed by atoms with Crippen LogP contribution in [0.3, 0.4) is 0 Å². The van der Waals surface area contributed by atoms with Crippen LogP contribution in [0.4, 0.5) is 5.69 Å². The van der Waals surface area contributed by atoms with Gasteiger partial charge in [0, 0.05) is 30.3 Å². The van der Waals surface area contributed by atoms with Gasteiger partial charge in [0.2, 0.25) is 10.0 Å². The summed E-state index contributed by atoms with van der Waals surface area (Å²) in [6.07, 6.45) is 4.44. The van der Waals surface area contributed by atoms with Crippen LogP contribution in [0.5, 0.6) is 0 Å². The normalized spacial score (nSPS) is 18.0. The largest absolute Gasteiger partial charge is 0.274 e. The van der Waals surface area contributed by atoms with Crippen molar-refractivity contribution in [3.05, 3.63) is 88.5 Å². The maximum absolute atomic E-state index is 13.4. The van der Waals surface area contributed by atoms with Crippen molar-refractivity contribution in [1.82, 2.24) is 28.3 Å². The summed E-state index contributed by atoms with van der Waals surface area (Å²) in [6.45, 7) is 1.87. The Labute approximate surface area is 228 Å². The highest BCUT2D eigenvalue weighted by Gasteiger charge is 2.33. The minimum atomic E-state index is -3.99. The molecule has 13 nitrogen and oxygen atoms in total. The Bertz CT molecular complexity index is 2000. The molecule has 2 aromatic carbocycles. The molecule has 3 heterocycles. The molecule has 0 unspecified atom stereocenters. The first-order valence-corrected chi connectivity index (χ1v) is 15.3. The number of non-ortho nitro benzene ring substituents is 1. The summed E-state index contributed by atoms with van der Waals surface area (Å²) in [4.78, 5) is 14.7. The number of nitro benzene ring substituents is 1. The van der Waals surface area contributed by atoms with Crippen molar-refractivity contribution in [3.8, 4) is 0 Å². The fourth-order valence-corrected chi connectivity index (χ4v) is 7.73. The first-order valence-electron chi connectivity index (χ1n) is 12.3. The van der Waals surface area contributed by atoms with E-state index < -0.39 is 31.0 Å². The van der Waals surface area contributed by atoms with Gasteiger partial charge in [-0.05, 0) is 50.5 Å². The second kappa shape index (κ2) is 9.46. The molecule has 6 rings (SSSR count). The number of nitrogens with zero attached hydrogens (tertiary/aromatic N) is 6. The third kappa shape index (κ3) is 4.41. The third-order valence-corrected chi connectivity index (χ3v) is 10.3. The van der Waals surface area contributed by atoms with E-state index in [0.29, 0.717) is 36.3 Å². The van der Waals surface area contributed by atoms with Gasteiger partial charge in [0.15, 0.2) is 11.3 Å². The van der Waals surface area contributed by atoms with Gasteiger partial charge in [-0.1, -0.05) is 23.8 Å². The van der Waals surface area contributed by atoms with Crippen LogP contribution in [0.2, 0.25) is 0 Å². The molecule has 3 aromatic heterocycles. The molecule has 1 fully saturated rings. The molecule has 1 saturated carbocycles. The molecular weight excluding hydrogens is 558 g/mol. The first-order chi connectivity index (χ1) is 19.0. The van der Waals surface area contributed by atoms with Crippen molar-refractivity contribution in [2.24, 2.45) is 0 Å². The zero-order valence-corrected chi connectivity index (χ0v) is 22.7. The number of sulfonamides is 1. The highest BCUT2D eigenvalue weighted by molar-refractivity contribution is 7.90. The quantitative estimate of drug-likeness (QED) is 0.224. The van der Waals surface area contributed by atoms with E-state index in [-0.39, 0.29) is 27.0 Å². The van der Waals surface area contributed by atoms with Gasteiger partial charge in [-0.15, -0.1) is 10.2 Å². The van der Waals surface area contributed by atoms with E-state index in [9.17, 15) is 26.9 Å². The maximum Gasteiger partial charge on any atom is 0.270 e. The van der Waals surface area contributed by atoms with Crippen LogP contribution < -0.4 is 4.72 Å². The van der Waals surface area contributed by atoms with E-state index in [2.05, 4.69) is 19.9 Å². The van der Waals surface area contributed by atoms with Gasteiger partial charge in [0.25, 0.3) is 15.7 Å². The molecule has 1 aliphatic carbocycles. The molecule has 1 aliphatic rings. The van der Waals surface area contributed by atoms with Crippen LogP contribution in [-0.4, -0.2) is 51.4 Å². The number of aryl methyl sites for hydroxylation is 1. The van der Waals surface area contributed by atoms with Crippen LogP contribution in [-0.2, 0) is 20.0 Å². The van der Waals surface area contributed by atoms with Crippen molar-refractivity contribution in [2.75, 3.05) is 0 Å². The van der Waals surface area contributed by atoms with Crippen molar-refractivity contribution in [1.29, 1.82) is 0 Å². The van der Waals surface area contributed by atoms with Crippen molar-refractivity contribution in [2.45, 2.75) is 47.9 Å². The summed E-state index contributed by atoms with van der Waals surface area (Å²) in [7, 11) is -7.89. The highest BCUT2D eigenvalue weighted by atomic mass is 32.2. The Morgan fingerprint density at radius 1 is 1.00 bits per heavy atom. The van der Waals surface area contributed by atoms with Gasteiger partial charge in [0.05, 0.1) is 26.4 Å². The number of rotatable bonds is 7. The smallest absolute Gasteiger partial charge is 0.270 e. The predicted molar refractivity (Wildman–Crippen MR) is 144 cm³/mol.